The zero-order valence-corrected chi connectivity index (χ0v) is 15.9. The van der Waals surface area contributed by atoms with Crippen molar-refractivity contribution < 1.29 is 4.79 Å². The van der Waals surface area contributed by atoms with Gasteiger partial charge in [0.15, 0.2) is 11.6 Å². The van der Waals surface area contributed by atoms with Crippen LogP contribution in [-0.4, -0.2) is 48.7 Å². The Morgan fingerprint density at radius 3 is 2.57 bits per heavy atom. The lowest BCUT2D eigenvalue weighted by molar-refractivity contribution is -0.120. The highest BCUT2D eigenvalue weighted by atomic mass is 16.2. The predicted molar refractivity (Wildman–Crippen MR) is 104 cm³/mol. The van der Waals surface area contributed by atoms with Crippen molar-refractivity contribution in [3.63, 3.8) is 0 Å². The summed E-state index contributed by atoms with van der Waals surface area (Å²) in [5.41, 5.74) is 1.67. The highest BCUT2D eigenvalue weighted by Gasteiger charge is 2.27. The zero-order chi connectivity index (χ0) is 19.5. The number of carbonyl (C=O) groups is 1. The summed E-state index contributed by atoms with van der Waals surface area (Å²) in [6, 6.07) is 5.71. The second-order valence-corrected chi connectivity index (χ2v) is 6.97. The minimum absolute atomic E-state index is 0.0577. The van der Waals surface area contributed by atoms with Crippen molar-refractivity contribution >= 4 is 17.7 Å². The number of aryl methyl sites for hydroxylation is 2. The molecule has 9 nitrogen and oxygen atoms in total. The summed E-state index contributed by atoms with van der Waals surface area (Å²) in [6.07, 6.45) is 6.94. The van der Waals surface area contributed by atoms with Crippen LogP contribution in [0.3, 0.4) is 0 Å². The third-order valence-electron chi connectivity index (χ3n) is 4.74. The zero-order valence-electron chi connectivity index (χ0n) is 15.9. The Balaban J connectivity index is 1.43. The van der Waals surface area contributed by atoms with Crippen molar-refractivity contribution in [2.75, 3.05) is 23.3 Å². The summed E-state index contributed by atoms with van der Waals surface area (Å²) in [5, 5.41) is 11.5. The minimum atomic E-state index is -0.145. The van der Waals surface area contributed by atoms with E-state index in [9.17, 15) is 4.79 Å². The standard InChI is InChI=1S/C19H22N8O/c1-13-10-14(2)22-19(21-13)23-18(28)15-4-3-8-26(11-15)16-5-6-17(25-24-16)27-9-7-20-12-27/h5-7,9-10,12,15H,3-4,8,11H2,1-2H3,(H,21,22,23,28). The van der Waals surface area contributed by atoms with Gasteiger partial charge in [-0.25, -0.2) is 15.0 Å². The third kappa shape index (κ3) is 3.98. The van der Waals surface area contributed by atoms with E-state index >= 15 is 0 Å². The third-order valence-corrected chi connectivity index (χ3v) is 4.74. The topological polar surface area (TPSA) is 102 Å². The molecule has 4 heterocycles. The number of nitrogens with zero attached hydrogens (tertiary/aromatic N) is 7. The fourth-order valence-corrected chi connectivity index (χ4v) is 3.41. The first-order valence-corrected chi connectivity index (χ1v) is 9.28. The SMILES string of the molecule is Cc1cc(C)nc(NC(=O)C2CCCN(c3ccc(-n4ccnc4)nn3)C2)n1. The molecule has 0 radical (unpaired) electrons. The second-order valence-electron chi connectivity index (χ2n) is 6.97. The smallest absolute Gasteiger partial charge is 0.231 e. The molecule has 4 rings (SSSR count). The number of piperidine rings is 1. The van der Waals surface area contributed by atoms with Gasteiger partial charge in [0.2, 0.25) is 11.9 Å². The van der Waals surface area contributed by atoms with Crippen LogP contribution in [0, 0.1) is 19.8 Å². The maximum atomic E-state index is 12.7. The van der Waals surface area contributed by atoms with E-state index in [-0.39, 0.29) is 11.8 Å². The van der Waals surface area contributed by atoms with Gasteiger partial charge in [-0.05, 0) is 44.9 Å². The summed E-state index contributed by atoms with van der Waals surface area (Å²) in [7, 11) is 0. The van der Waals surface area contributed by atoms with Crippen LogP contribution in [0.5, 0.6) is 0 Å². The average molecular weight is 378 g/mol. The van der Waals surface area contributed by atoms with Gasteiger partial charge in [-0.15, -0.1) is 10.2 Å². The average Bonchev–Trinajstić information content (AvgIpc) is 3.22. The summed E-state index contributed by atoms with van der Waals surface area (Å²) in [4.78, 5) is 27.4. The predicted octanol–water partition coefficient (Wildman–Crippen LogP) is 1.92. The Hall–Kier alpha value is -3.36. The number of amides is 1. The molecule has 1 aliphatic heterocycles. The molecular weight excluding hydrogens is 356 g/mol. The molecule has 28 heavy (non-hydrogen) atoms. The van der Waals surface area contributed by atoms with E-state index in [2.05, 4.69) is 35.4 Å². The Morgan fingerprint density at radius 2 is 1.89 bits per heavy atom. The Kier molecular flexibility index (Phi) is 4.96. The van der Waals surface area contributed by atoms with Crippen molar-refractivity contribution in [1.29, 1.82) is 0 Å². The monoisotopic (exact) mass is 378 g/mol. The molecule has 1 aliphatic rings. The lowest BCUT2D eigenvalue weighted by Crippen LogP contribution is -2.41. The largest absolute Gasteiger partial charge is 0.354 e. The summed E-state index contributed by atoms with van der Waals surface area (Å²) < 4.78 is 1.80. The lowest BCUT2D eigenvalue weighted by atomic mass is 9.97. The van der Waals surface area contributed by atoms with Crippen molar-refractivity contribution in [2.45, 2.75) is 26.7 Å². The summed E-state index contributed by atoms with van der Waals surface area (Å²) >= 11 is 0. The normalized spacial score (nSPS) is 16.8. The molecule has 144 valence electrons. The van der Waals surface area contributed by atoms with Crippen LogP contribution >= 0.6 is 0 Å². The van der Waals surface area contributed by atoms with Gasteiger partial charge in [-0.2, -0.15) is 0 Å². The van der Waals surface area contributed by atoms with E-state index in [1.165, 1.54) is 0 Å². The van der Waals surface area contributed by atoms with Crippen LogP contribution < -0.4 is 10.2 Å². The number of aromatic nitrogens is 6. The van der Waals surface area contributed by atoms with E-state index in [0.29, 0.717) is 18.3 Å². The first-order valence-electron chi connectivity index (χ1n) is 9.28. The quantitative estimate of drug-likeness (QED) is 0.740. The van der Waals surface area contributed by atoms with Crippen molar-refractivity contribution in [3.05, 3.63) is 48.3 Å². The molecule has 0 saturated carbocycles. The Morgan fingerprint density at radius 1 is 1.14 bits per heavy atom. The molecular formula is C19H22N8O. The molecule has 0 aromatic carbocycles. The molecule has 1 fully saturated rings. The molecule has 3 aromatic rings. The van der Waals surface area contributed by atoms with Gasteiger partial charge in [0.05, 0.1) is 5.92 Å². The van der Waals surface area contributed by atoms with Crippen molar-refractivity contribution in [2.24, 2.45) is 5.92 Å². The molecule has 1 amide bonds. The van der Waals surface area contributed by atoms with Gasteiger partial charge in [0.1, 0.15) is 6.33 Å². The highest BCUT2D eigenvalue weighted by molar-refractivity contribution is 5.91. The van der Waals surface area contributed by atoms with Gasteiger partial charge >= 0.3 is 0 Å². The van der Waals surface area contributed by atoms with Crippen LogP contribution in [0.25, 0.3) is 5.82 Å². The molecule has 1 N–H and O–H groups in total. The number of imidazole rings is 1. The molecule has 9 heteroatoms. The number of carbonyl (C=O) groups excluding carboxylic acids is 1. The maximum Gasteiger partial charge on any atom is 0.231 e. The molecule has 0 aliphatic carbocycles. The number of rotatable bonds is 4. The number of nitrogens with one attached hydrogen (secondary N) is 1. The fourth-order valence-electron chi connectivity index (χ4n) is 3.41. The van der Waals surface area contributed by atoms with E-state index in [1.54, 1.807) is 17.1 Å². The van der Waals surface area contributed by atoms with Gasteiger partial charge in [0, 0.05) is 36.9 Å². The molecule has 0 spiro atoms. The number of hydrogen-bond acceptors (Lipinski definition) is 7. The van der Waals surface area contributed by atoms with E-state index in [4.69, 9.17) is 0 Å². The van der Waals surface area contributed by atoms with E-state index in [0.717, 1.165) is 36.6 Å². The van der Waals surface area contributed by atoms with E-state index < -0.39 is 0 Å². The molecule has 1 atom stereocenters. The van der Waals surface area contributed by atoms with E-state index in [1.807, 2.05) is 38.2 Å². The first kappa shape index (κ1) is 18.0. The molecule has 1 saturated heterocycles. The Bertz CT molecular complexity index is 934. The Labute approximate surface area is 162 Å². The minimum Gasteiger partial charge on any atom is -0.354 e. The van der Waals surface area contributed by atoms with Gasteiger partial charge < -0.3 is 4.90 Å². The van der Waals surface area contributed by atoms with Crippen LogP contribution in [0.15, 0.2) is 36.9 Å². The van der Waals surface area contributed by atoms with Crippen molar-refractivity contribution in [1.82, 2.24) is 29.7 Å². The molecule has 3 aromatic heterocycles. The van der Waals surface area contributed by atoms with Crippen LogP contribution in [-0.2, 0) is 4.79 Å². The van der Waals surface area contributed by atoms with Gasteiger partial charge in [-0.3, -0.25) is 14.7 Å². The molecule has 1 unspecified atom stereocenters. The van der Waals surface area contributed by atoms with Gasteiger partial charge in [0.25, 0.3) is 0 Å². The number of hydrogen-bond donors (Lipinski definition) is 1. The van der Waals surface area contributed by atoms with Crippen LogP contribution in [0.4, 0.5) is 11.8 Å². The lowest BCUT2D eigenvalue weighted by Gasteiger charge is -2.32. The summed E-state index contributed by atoms with van der Waals surface area (Å²) in [5.74, 6) is 1.64. The number of anilines is 2. The van der Waals surface area contributed by atoms with Crippen LogP contribution in [0.1, 0.15) is 24.2 Å². The van der Waals surface area contributed by atoms with Crippen LogP contribution in [0.2, 0.25) is 0 Å². The first-order chi connectivity index (χ1) is 13.6. The maximum absolute atomic E-state index is 12.7. The van der Waals surface area contributed by atoms with Crippen molar-refractivity contribution in [3.8, 4) is 5.82 Å². The van der Waals surface area contributed by atoms with Gasteiger partial charge in [-0.1, -0.05) is 0 Å². The highest BCUT2D eigenvalue weighted by Crippen LogP contribution is 2.22. The second kappa shape index (κ2) is 7.71. The summed E-state index contributed by atoms with van der Waals surface area (Å²) in [6.45, 7) is 5.22. The fraction of sp³-hybridized carbons (Fsp3) is 0.368. The molecule has 0 bridgehead atoms.